The average molecular weight is 263 g/mol. The average Bonchev–Trinajstić information content (AvgIpc) is 2.77. The van der Waals surface area contributed by atoms with E-state index in [-0.39, 0.29) is 17.1 Å². The van der Waals surface area contributed by atoms with Crippen LogP contribution in [0.5, 0.6) is 5.75 Å². The first-order valence-electron chi connectivity index (χ1n) is 5.03. The van der Waals surface area contributed by atoms with Crippen LogP contribution in [-0.2, 0) is 0 Å². The van der Waals surface area contributed by atoms with Crippen LogP contribution in [-0.4, -0.2) is 15.9 Å². The molecule has 0 fully saturated rings. The third kappa shape index (κ3) is 2.54. The molecule has 2 heterocycles. The minimum absolute atomic E-state index is 0.248. The van der Waals surface area contributed by atoms with Gasteiger partial charge in [-0.2, -0.15) is 0 Å². The fraction of sp³-hybridized carbons (Fsp3) is 0.0833. The van der Waals surface area contributed by atoms with E-state index in [1.165, 1.54) is 36.5 Å². The van der Waals surface area contributed by atoms with E-state index in [4.69, 9.17) is 4.42 Å². The summed E-state index contributed by atoms with van der Waals surface area (Å²) in [5.41, 5.74) is -1.21. The van der Waals surface area contributed by atoms with Gasteiger partial charge < -0.3 is 9.52 Å². The van der Waals surface area contributed by atoms with Gasteiger partial charge in [-0.05, 0) is 19.1 Å². The van der Waals surface area contributed by atoms with Crippen LogP contribution in [0.25, 0.3) is 6.08 Å². The van der Waals surface area contributed by atoms with Crippen LogP contribution in [0.15, 0.2) is 32.9 Å². The molecule has 2 rings (SSSR count). The van der Waals surface area contributed by atoms with Crippen molar-refractivity contribution >= 4 is 23.2 Å². The Morgan fingerprint density at radius 3 is 2.94 bits per heavy atom. The molecular formula is C12H9NO4S. The van der Waals surface area contributed by atoms with Crippen molar-refractivity contribution in [1.82, 2.24) is 4.98 Å². The van der Waals surface area contributed by atoms with Gasteiger partial charge in [-0.3, -0.25) is 4.79 Å². The third-order valence-corrected chi connectivity index (χ3v) is 2.87. The summed E-state index contributed by atoms with van der Waals surface area (Å²) in [5, 5.41) is 12.0. The lowest BCUT2D eigenvalue weighted by atomic mass is 10.1. The summed E-state index contributed by atoms with van der Waals surface area (Å²) >= 11 is 1.36. The van der Waals surface area contributed by atoms with Gasteiger partial charge in [0.1, 0.15) is 22.1 Å². The Labute approximate surface area is 106 Å². The lowest BCUT2D eigenvalue weighted by Gasteiger charge is -1.99. The van der Waals surface area contributed by atoms with Gasteiger partial charge in [0.25, 0.3) is 0 Å². The van der Waals surface area contributed by atoms with Crippen LogP contribution in [0.3, 0.4) is 0 Å². The first kappa shape index (κ1) is 12.3. The third-order valence-electron chi connectivity index (χ3n) is 2.13. The minimum atomic E-state index is -0.846. The van der Waals surface area contributed by atoms with Crippen molar-refractivity contribution < 1.29 is 14.3 Å². The van der Waals surface area contributed by atoms with E-state index in [0.29, 0.717) is 5.01 Å². The summed E-state index contributed by atoms with van der Waals surface area (Å²) in [6.07, 6.45) is 4.26. The molecular weight excluding hydrogens is 254 g/mol. The highest BCUT2D eigenvalue weighted by Crippen LogP contribution is 2.16. The molecule has 5 nitrogen and oxygen atoms in total. The van der Waals surface area contributed by atoms with Crippen LogP contribution >= 0.6 is 11.3 Å². The van der Waals surface area contributed by atoms with Gasteiger partial charge >= 0.3 is 5.63 Å². The second kappa shape index (κ2) is 4.97. The van der Waals surface area contributed by atoms with Crippen LogP contribution in [0.2, 0.25) is 0 Å². The van der Waals surface area contributed by atoms with Gasteiger partial charge in [-0.15, -0.1) is 11.3 Å². The SMILES string of the molecule is Cc1cc(O)c(C(=O)C=Cc2nccs2)c(=O)o1. The Morgan fingerprint density at radius 1 is 1.56 bits per heavy atom. The largest absolute Gasteiger partial charge is 0.507 e. The van der Waals surface area contributed by atoms with Crippen LogP contribution < -0.4 is 5.63 Å². The van der Waals surface area contributed by atoms with E-state index in [1.807, 2.05) is 0 Å². The summed E-state index contributed by atoms with van der Waals surface area (Å²) in [4.78, 5) is 27.2. The maximum absolute atomic E-state index is 11.8. The Balaban J connectivity index is 2.33. The number of hydrogen-bond donors (Lipinski definition) is 1. The van der Waals surface area contributed by atoms with E-state index in [2.05, 4.69) is 4.98 Å². The molecule has 2 aromatic rings. The zero-order valence-electron chi connectivity index (χ0n) is 9.41. The van der Waals surface area contributed by atoms with E-state index in [1.54, 1.807) is 11.6 Å². The predicted octanol–water partition coefficient (Wildman–Crippen LogP) is 2.01. The fourth-order valence-electron chi connectivity index (χ4n) is 1.37. The van der Waals surface area contributed by atoms with E-state index in [9.17, 15) is 14.7 Å². The molecule has 0 aliphatic rings. The number of nitrogens with zero attached hydrogens (tertiary/aromatic N) is 1. The highest BCUT2D eigenvalue weighted by molar-refractivity contribution is 7.10. The second-order valence-corrected chi connectivity index (χ2v) is 4.40. The molecule has 92 valence electrons. The molecule has 0 atom stereocenters. The molecule has 2 aromatic heterocycles. The molecule has 0 aliphatic carbocycles. The van der Waals surface area contributed by atoms with E-state index >= 15 is 0 Å². The number of carbonyl (C=O) groups excluding carboxylic acids is 1. The Hall–Kier alpha value is -2.21. The molecule has 0 spiro atoms. The number of aromatic hydroxyl groups is 1. The molecule has 0 saturated carbocycles. The van der Waals surface area contributed by atoms with Gasteiger partial charge in [0.2, 0.25) is 0 Å². The molecule has 0 radical (unpaired) electrons. The van der Waals surface area contributed by atoms with Crippen LogP contribution in [0.1, 0.15) is 21.1 Å². The first-order chi connectivity index (χ1) is 8.58. The molecule has 0 aromatic carbocycles. The number of aryl methyl sites for hydroxylation is 1. The summed E-state index contributed by atoms with van der Waals surface area (Å²) in [5.74, 6) is -0.744. The molecule has 0 bridgehead atoms. The number of carbonyl (C=O) groups is 1. The lowest BCUT2D eigenvalue weighted by molar-refractivity contribution is 0.104. The maximum atomic E-state index is 11.8. The zero-order chi connectivity index (χ0) is 13.1. The topological polar surface area (TPSA) is 80.4 Å². The normalized spacial score (nSPS) is 10.9. The zero-order valence-corrected chi connectivity index (χ0v) is 10.2. The molecule has 6 heteroatoms. The molecule has 0 amide bonds. The van der Waals surface area contributed by atoms with Gasteiger partial charge in [-0.25, -0.2) is 9.78 Å². The predicted molar refractivity (Wildman–Crippen MR) is 66.9 cm³/mol. The Kier molecular flexibility index (Phi) is 3.38. The molecule has 0 saturated heterocycles. The van der Waals surface area contributed by atoms with E-state index < -0.39 is 11.4 Å². The standard InChI is InChI=1S/C12H9NO4S/c1-7-6-9(15)11(12(16)17-7)8(14)2-3-10-13-4-5-18-10/h2-6,15H,1H3. The highest BCUT2D eigenvalue weighted by Gasteiger charge is 2.15. The summed E-state index contributed by atoms with van der Waals surface area (Å²) < 4.78 is 4.76. The van der Waals surface area contributed by atoms with E-state index in [0.717, 1.165) is 0 Å². The smallest absolute Gasteiger partial charge is 0.351 e. The van der Waals surface area contributed by atoms with Gasteiger partial charge in [0, 0.05) is 17.6 Å². The summed E-state index contributed by atoms with van der Waals surface area (Å²) in [6.45, 7) is 1.51. The molecule has 1 N–H and O–H groups in total. The van der Waals surface area contributed by atoms with Crippen molar-refractivity contribution in [3.8, 4) is 5.75 Å². The van der Waals surface area contributed by atoms with Gasteiger partial charge in [0.05, 0.1) is 0 Å². The monoisotopic (exact) mass is 263 g/mol. The number of thiazole rings is 1. The quantitative estimate of drug-likeness (QED) is 0.676. The number of rotatable bonds is 3. The molecule has 0 unspecified atom stereocenters. The van der Waals surface area contributed by atoms with Crippen molar-refractivity contribution in [2.24, 2.45) is 0 Å². The summed E-state index contributed by atoms with van der Waals surface area (Å²) in [6, 6.07) is 1.23. The van der Waals surface area contributed by atoms with Gasteiger partial charge in [0.15, 0.2) is 5.78 Å². The number of aromatic nitrogens is 1. The Bertz CT molecular complexity index is 655. The van der Waals surface area contributed by atoms with Crippen molar-refractivity contribution in [3.05, 3.63) is 50.5 Å². The van der Waals surface area contributed by atoms with Crippen LogP contribution in [0, 0.1) is 6.92 Å². The van der Waals surface area contributed by atoms with Crippen molar-refractivity contribution in [2.45, 2.75) is 6.92 Å². The highest BCUT2D eigenvalue weighted by atomic mass is 32.1. The number of ketones is 1. The van der Waals surface area contributed by atoms with Gasteiger partial charge in [-0.1, -0.05) is 0 Å². The lowest BCUT2D eigenvalue weighted by Crippen LogP contribution is -2.12. The Morgan fingerprint density at radius 2 is 2.33 bits per heavy atom. The van der Waals surface area contributed by atoms with Crippen molar-refractivity contribution in [3.63, 3.8) is 0 Å². The molecule has 18 heavy (non-hydrogen) atoms. The fourth-order valence-corrected chi connectivity index (χ4v) is 1.90. The second-order valence-electron chi connectivity index (χ2n) is 3.47. The maximum Gasteiger partial charge on any atom is 0.351 e. The summed E-state index contributed by atoms with van der Waals surface area (Å²) in [7, 11) is 0. The van der Waals surface area contributed by atoms with Crippen molar-refractivity contribution in [1.29, 1.82) is 0 Å². The van der Waals surface area contributed by atoms with Crippen LogP contribution in [0.4, 0.5) is 0 Å². The van der Waals surface area contributed by atoms with Crippen molar-refractivity contribution in [2.75, 3.05) is 0 Å². The number of hydrogen-bond acceptors (Lipinski definition) is 6. The number of allylic oxidation sites excluding steroid dienone is 1. The first-order valence-corrected chi connectivity index (χ1v) is 5.91. The minimum Gasteiger partial charge on any atom is -0.507 e. The molecule has 0 aliphatic heterocycles.